The van der Waals surface area contributed by atoms with Crippen LogP contribution in [0.1, 0.15) is 5.69 Å². The van der Waals surface area contributed by atoms with Crippen LogP contribution in [0.15, 0.2) is 41.6 Å². The molecule has 1 aromatic carbocycles. The normalized spacial score (nSPS) is 10.6. The first-order valence-corrected chi connectivity index (χ1v) is 5.35. The quantitative estimate of drug-likeness (QED) is 0.317. The van der Waals surface area contributed by atoms with Crippen molar-refractivity contribution in [2.45, 2.75) is 0 Å². The Labute approximate surface area is 104 Å². The summed E-state index contributed by atoms with van der Waals surface area (Å²) >= 11 is 4.79. The molecule has 5 nitrogen and oxygen atoms in total. The van der Waals surface area contributed by atoms with Crippen LogP contribution in [0.2, 0.25) is 0 Å². The fourth-order valence-electron chi connectivity index (χ4n) is 1.43. The highest BCUT2D eigenvalue weighted by atomic mass is 32.1. The van der Waals surface area contributed by atoms with Crippen molar-refractivity contribution in [3.8, 4) is 0 Å². The van der Waals surface area contributed by atoms with Crippen molar-refractivity contribution < 1.29 is 0 Å². The lowest BCUT2D eigenvalue weighted by atomic mass is 10.1. The van der Waals surface area contributed by atoms with Crippen LogP contribution >= 0.6 is 12.2 Å². The molecule has 0 unspecified atom stereocenters. The molecule has 0 atom stereocenters. The molecule has 1 heterocycles. The van der Waals surface area contributed by atoms with Crippen LogP contribution in [0.4, 0.5) is 0 Å². The first-order chi connectivity index (χ1) is 8.31. The van der Waals surface area contributed by atoms with Gasteiger partial charge in [0, 0.05) is 11.6 Å². The minimum absolute atomic E-state index is 0.251. The van der Waals surface area contributed by atoms with Crippen LogP contribution in [-0.4, -0.2) is 16.3 Å². The van der Waals surface area contributed by atoms with Crippen molar-refractivity contribution in [3.05, 3.63) is 42.2 Å². The molecule has 1 aromatic heterocycles. The average Bonchev–Trinajstić information content (AvgIpc) is 2.39. The summed E-state index contributed by atoms with van der Waals surface area (Å²) in [6.07, 6.45) is 3.34. The Morgan fingerprint density at radius 2 is 2.18 bits per heavy atom. The Bertz CT molecular complexity index is 561. The topological polar surface area (TPSA) is 75.3 Å². The maximum Gasteiger partial charge on any atom is 0.201 e. The molecule has 0 saturated carbocycles. The van der Waals surface area contributed by atoms with E-state index in [2.05, 4.69) is 20.9 Å². The number of rotatable bonds is 2. The fourth-order valence-corrected chi connectivity index (χ4v) is 1.48. The summed E-state index contributed by atoms with van der Waals surface area (Å²) in [5.41, 5.74) is 5.62. The third-order valence-corrected chi connectivity index (χ3v) is 2.40. The first kappa shape index (κ1) is 11.4. The third kappa shape index (κ3) is 2.74. The van der Waals surface area contributed by atoms with Gasteiger partial charge in [-0.1, -0.05) is 24.3 Å². The zero-order valence-corrected chi connectivity index (χ0v) is 9.74. The Hall–Kier alpha value is -2.05. The number of thiocarbonyl (C=S) groups is 1. The monoisotopic (exact) mass is 245 g/mol. The van der Waals surface area contributed by atoms with Gasteiger partial charge in [0.25, 0.3) is 0 Å². The van der Waals surface area contributed by atoms with Gasteiger partial charge in [0.1, 0.15) is 0 Å². The SMILES string of the molecule is NNC(=S)N/N=C/c1nccc2ccccc12. The van der Waals surface area contributed by atoms with Crippen molar-refractivity contribution in [2.24, 2.45) is 10.9 Å². The summed E-state index contributed by atoms with van der Waals surface area (Å²) in [6.45, 7) is 0. The Balaban J connectivity index is 2.27. The van der Waals surface area contributed by atoms with E-state index in [9.17, 15) is 0 Å². The zero-order valence-electron chi connectivity index (χ0n) is 8.92. The number of hydrogen-bond donors (Lipinski definition) is 3. The lowest BCUT2D eigenvalue weighted by Gasteiger charge is -2.01. The minimum atomic E-state index is 0.251. The summed E-state index contributed by atoms with van der Waals surface area (Å²) in [5, 5.41) is 6.34. The number of nitrogens with zero attached hydrogens (tertiary/aromatic N) is 2. The van der Waals surface area contributed by atoms with Crippen LogP contribution in [0.5, 0.6) is 0 Å². The molecule has 0 aliphatic heterocycles. The molecule has 0 saturated heterocycles. The van der Waals surface area contributed by atoms with Crippen molar-refractivity contribution in [3.63, 3.8) is 0 Å². The predicted octanol–water partition coefficient (Wildman–Crippen LogP) is 0.907. The molecule has 0 aliphatic rings. The van der Waals surface area contributed by atoms with Gasteiger partial charge in [-0.2, -0.15) is 5.10 Å². The molecule has 2 aromatic rings. The molecule has 0 bridgehead atoms. The highest BCUT2D eigenvalue weighted by Crippen LogP contribution is 2.14. The van der Waals surface area contributed by atoms with E-state index in [1.165, 1.54) is 0 Å². The van der Waals surface area contributed by atoms with E-state index in [0.717, 1.165) is 16.5 Å². The minimum Gasteiger partial charge on any atom is -0.300 e. The summed E-state index contributed by atoms with van der Waals surface area (Å²) in [5.74, 6) is 5.10. The van der Waals surface area contributed by atoms with Crippen molar-refractivity contribution >= 4 is 34.3 Å². The third-order valence-electron chi connectivity index (χ3n) is 2.19. The van der Waals surface area contributed by atoms with Crippen molar-refractivity contribution in [2.75, 3.05) is 0 Å². The van der Waals surface area contributed by atoms with E-state index in [4.69, 9.17) is 18.1 Å². The predicted molar refractivity (Wildman–Crippen MR) is 72.4 cm³/mol. The van der Waals surface area contributed by atoms with E-state index in [0.29, 0.717) is 0 Å². The lowest BCUT2D eigenvalue weighted by Crippen LogP contribution is -2.37. The molecule has 86 valence electrons. The standard InChI is InChI=1S/C11H11N5S/c12-15-11(17)16-14-7-10-9-4-2-1-3-8(9)5-6-13-10/h1-7H,12H2,(H2,15,16,17)/b14-7+. The second-order valence-corrected chi connectivity index (χ2v) is 3.67. The van der Waals surface area contributed by atoms with Gasteiger partial charge in [0.05, 0.1) is 11.9 Å². The number of benzene rings is 1. The molecule has 0 spiro atoms. The number of hydrazone groups is 1. The van der Waals surface area contributed by atoms with Gasteiger partial charge in [-0.3, -0.25) is 15.8 Å². The van der Waals surface area contributed by atoms with Crippen LogP contribution < -0.4 is 16.7 Å². The van der Waals surface area contributed by atoms with Crippen LogP contribution in [-0.2, 0) is 0 Å². The molecule has 2 rings (SSSR count). The maximum atomic E-state index is 5.10. The summed E-state index contributed by atoms with van der Waals surface area (Å²) < 4.78 is 0. The van der Waals surface area contributed by atoms with Crippen LogP contribution in [0.25, 0.3) is 10.8 Å². The summed E-state index contributed by atoms with van der Waals surface area (Å²) in [4.78, 5) is 4.25. The van der Waals surface area contributed by atoms with E-state index < -0.39 is 0 Å². The van der Waals surface area contributed by atoms with E-state index in [1.807, 2.05) is 30.3 Å². The van der Waals surface area contributed by atoms with E-state index >= 15 is 0 Å². The Morgan fingerprint density at radius 1 is 1.35 bits per heavy atom. The molecule has 4 N–H and O–H groups in total. The van der Waals surface area contributed by atoms with E-state index in [-0.39, 0.29) is 5.11 Å². The summed E-state index contributed by atoms with van der Waals surface area (Å²) in [6, 6.07) is 9.90. The van der Waals surface area contributed by atoms with Gasteiger partial charge >= 0.3 is 0 Å². The zero-order chi connectivity index (χ0) is 12.1. The highest BCUT2D eigenvalue weighted by molar-refractivity contribution is 7.80. The maximum absolute atomic E-state index is 5.10. The number of aromatic nitrogens is 1. The Morgan fingerprint density at radius 3 is 3.00 bits per heavy atom. The first-order valence-electron chi connectivity index (χ1n) is 4.94. The van der Waals surface area contributed by atoms with Crippen molar-refractivity contribution in [1.29, 1.82) is 0 Å². The number of fused-ring (bicyclic) bond motifs is 1. The summed E-state index contributed by atoms with van der Waals surface area (Å²) in [7, 11) is 0. The van der Waals surface area contributed by atoms with Crippen LogP contribution in [0.3, 0.4) is 0 Å². The molecule has 0 radical (unpaired) electrons. The smallest absolute Gasteiger partial charge is 0.201 e. The average molecular weight is 245 g/mol. The van der Waals surface area contributed by atoms with Gasteiger partial charge in [0.15, 0.2) is 0 Å². The second kappa shape index (κ2) is 5.33. The largest absolute Gasteiger partial charge is 0.300 e. The fraction of sp³-hybridized carbons (Fsp3) is 0. The number of hydrazine groups is 1. The van der Waals surface area contributed by atoms with Gasteiger partial charge < -0.3 is 0 Å². The number of nitrogens with one attached hydrogen (secondary N) is 2. The van der Waals surface area contributed by atoms with E-state index in [1.54, 1.807) is 12.4 Å². The Kier molecular flexibility index (Phi) is 3.59. The highest BCUT2D eigenvalue weighted by Gasteiger charge is 1.98. The van der Waals surface area contributed by atoms with Gasteiger partial charge in [0.2, 0.25) is 5.11 Å². The molecular weight excluding hydrogens is 234 g/mol. The van der Waals surface area contributed by atoms with Gasteiger partial charge in [-0.25, -0.2) is 5.84 Å². The molecule has 0 amide bonds. The molecule has 0 fully saturated rings. The van der Waals surface area contributed by atoms with Gasteiger partial charge in [-0.05, 0) is 23.7 Å². The second-order valence-electron chi connectivity index (χ2n) is 3.26. The number of pyridine rings is 1. The van der Waals surface area contributed by atoms with Gasteiger partial charge in [-0.15, -0.1) is 0 Å². The van der Waals surface area contributed by atoms with Crippen molar-refractivity contribution in [1.82, 2.24) is 15.8 Å². The molecular formula is C11H11N5S. The molecule has 0 aliphatic carbocycles. The number of hydrogen-bond acceptors (Lipinski definition) is 4. The number of nitrogens with two attached hydrogens (primary N) is 1. The lowest BCUT2D eigenvalue weighted by molar-refractivity contribution is 0.930. The molecule has 17 heavy (non-hydrogen) atoms. The molecule has 6 heteroatoms. The van der Waals surface area contributed by atoms with Crippen LogP contribution in [0, 0.1) is 0 Å².